The third-order valence-corrected chi connectivity index (χ3v) is 5.55. The molecule has 5 nitrogen and oxygen atoms in total. The van der Waals surface area contributed by atoms with Gasteiger partial charge in [-0.05, 0) is 25.7 Å². The van der Waals surface area contributed by atoms with Gasteiger partial charge in [0, 0.05) is 57.1 Å². The molecule has 1 amide bonds. The zero-order chi connectivity index (χ0) is 13.6. The molecule has 2 atom stereocenters. The molecule has 0 aromatic rings. The van der Waals surface area contributed by atoms with Crippen molar-refractivity contribution in [1.82, 2.24) is 10.2 Å². The fraction of sp³-hybridized carbons (Fsp3) is 0.933. The molecule has 2 bridgehead atoms. The number of fused-ring (bicyclic) bond motifs is 2. The molecule has 120 valence electrons. The van der Waals surface area contributed by atoms with Crippen LogP contribution in [-0.4, -0.2) is 54.5 Å². The van der Waals surface area contributed by atoms with Crippen LogP contribution >= 0.6 is 12.4 Å². The molecule has 4 aliphatic rings. The highest BCUT2D eigenvalue weighted by atomic mass is 35.5. The Morgan fingerprint density at radius 1 is 1.10 bits per heavy atom. The summed E-state index contributed by atoms with van der Waals surface area (Å²) in [5.41, 5.74) is -0.171. The van der Waals surface area contributed by atoms with Gasteiger partial charge in [0.2, 0.25) is 0 Å². The Balaban J connectivity index is 0.00000132. The zero-order valence-electron chi connectivity index (χ0n) is 12.4. The van der Waals surface area contributed by atoms with Crippen molar-refractivity contribution in [3.63, 3.8) is 0 Å². The third-order valence-electron chi connectivity index (χ3n) is 5.55. The van der Waals surface area contributed by atoms with Gasteiger partial charge in [-0.3, -0.25) is 0 Å². The van der Waals surface area contributed by atoms with E-state index in [1.807, 2.05) is 4.90 Å². The van der Waals surface area contributed by atoms with Crippen molar-refractivity contribution < 1.29 is 14.3 Å². The van der Waals surface area contributed by atoms with Crippen LogP contribution in [0, 0.1) is 0 Å². The smallest absolute Gasteiger partial charge is 0.410 e. The summed E-state index contributed by atoms with van der Waals surface area (Å²) in [4.78, 5) is 14.4. The van der Waals surface area contributed by atoms with E-state index in [0.29, 0.717) is 18.1 Å². The molecule has 21 heavy (non-hydrogen) atoms. The predicted molar refractivity (Wildman–Crippen MR) is 80.8 cm³/mol. The second-order valence-corrected chi connectivity index (χ2v) is 6.88. The van der Waals surface area contributed by atoms with E-state index in [1.54, 1.807) is 0 Å². The number of piperidine rings is 1. The lowest BCUT2D eigenvalue weighted by molar-refractivity contribution is -0.0885. The van der Waals surface area contributed by atoms with Crippen molar-refractivity contribution in [3.8, 4) is 0 Å². The minimum Gasteiger partial charge on any atom is -0.443 e. The summed E-state index contributed by atoms with van der Waals surface area (Å²) in [7, 11) is 0. The molecule has 0 radical (unpaired) electrons. The topological polar surface area (TPSA) is 50.8 Å². The fourth-order valence-electron chi connectivity index (χ4n) is 4.53. The van der Waals surface area contributed by atoms with Gasteiger partial charge < -0.3 is 19.7 Å². The Morgan fingerprint density at radius 2 is 1.76 bits per heavy atom. The van der Waals surface area contributed by atoms with Crippen LogP contribution < -0.4 is 5.32 Å². The van der Waals surface area contributed by atoms with E-state index < -0.39 is 0 Å². The molecule has 0 aromatic heterocycles. The maximum absolute atomic E-state index is 12.4. The molecule has 4 saturated heterocycles. The largest absolute Gasteiger partial charge is 0.443 e. The molecule has 4 heterocycles. The quantitative estimate of drug-likeness (QED) is 0.805. The highest BCUT2D eigenvalue weighted by molar-refractivity contribution is 5.85. The maximum atomic E-state index is 12.4. The fourth-order valence-corrected chi connectivity index (χ4v) is 4.53. The first-order valence-corrected chi connectivity index (χ1v) is 8.08. The monoisotopic (exact) mass is 316 g/mol. The third kappa shape index (κ3) is 2.88. The van der Waals surface area contributed by atoms with E-state index in [2.05, 4.69) is 5.32 Å². The number of ether oxygens (including phenoxy) is 2. The SMILES string of the molecule is Cl.O=C1OC2(CCN1C1CCOCC1)CC1CCC(C2)N1. The Kier molecular flexibility index (Phi) is 4.35. The van der Waals surface area contributed by atoms with Gasteiger partial charge in [0.25, 0.3) is 0 Å². The first kappa shape index (κ1) is 15.4. The van der Waals surface area contributed by atoms with Gasteiger partial charge in [0.1, 0.15) is 5.60 Å². The Hall–Kier alpha value is -0.520. The van der Waals surface area contributed by atoms with Gasteiger partial charge in [-0.2, -0.15) is 0 Å². The molecular formula is C15H25ClN2O3. The molecule has 0 aromatic carbocycles. The molecule has 2 unspecified atom stereocenters. The summed E-state index contributed by atoms with van der Waals surface area (Å²) >= 11 is 0. The number of amides is 1. The zero-order valence-corrected chi connectivity index (χ0v) is 13.2. The molecule has 1 N–H and O–H groups in total. The van der Waals surface area contributed by atoms with Crippen LogP contribution in [0.3, 0.4) is 0 Å². The summed E-state index contributed by atoms with van der Waals surface area (Å²) in [6.07, 6.45) is 7.34. The Labute approximate surface area is 132 Å². The van der Waals surface area contributed by atoms with Crippen LogP contribution in [0.15, 0.2) is 0 Å². The standard InChI is InChI=1S/C15H24N2O3.ClH/c18-14-17(13-3-7-19-8-4-13)6-5-15(20-14)9-11-1-2-12(10-15)16-11;/h11-13,16H,1-10H2;1H. The van der Waals surface area contributed by atoms with Crippen LogP contribution in [0.1, 0.15) is 44.9 Å². The number of nitrogens with one attached hydrogen (secondary N) is 1. The van der Waals surface area contributed by atoms with Crippen LogP contribution in [0.2, 0.25) is 0 Å². The molecule has 4 aliphatic heterocycles. The van der Waals surface area contributed by atoms with E-state index in [-0.39, 0.29) is 24.1 Å². The number of carbonyl (C=O) groups is 1. The number of rotatable bonds is 1. The lowest BCUT2D eigenvalue weighted by Crippen LogP contribution is -2.58. The highest BCUT2D eigenvalue weighted by Gasteiger charge is 2.49. The van der Waals surface area contributed by atoms with Gasteiger partial charge >= 0.3 is 6.09 Å². The number of halogens is 1. The predicted octanol–water partition coefficient (Wildman–Crippen LogP) is 2.08. The van der Waals surface area contributed by atoms with Gasteiger partial charge in [-0.15, -0.1) is 12.4 Å². The first-order valence-electron chi connectivity index (χ1n) is 8.08. The second kappa shape index (κ2) is 5.94. The molecule has 1 spiro atoms. The van der Waals surface area contributed by atoms with E-state index >= 15 is 0 Å². The van der Waals surface area contributed by atoms with Crippen molar-refractivity contribution in [2.45, 2.75) is 68.7 Å². The average molecular weight is 317 g/mol. The van der Waals surface area contributed by atoms with E-state index in [1.165, 1.54) is 12.8 Å². The first-order chi connectivity index (χ1) is 9.74. The molecule has 4 fully saturated rings. The van der Waals surface area contributed by atoms with Crippen LogP contribution in [0.5, 0.6) is 0 Å². The van der Waals surface area contributed by atoms with E-state index in [4.69, 9.17) is 9.47 Å². The summed E-state index contributed by atoms with van der Waals surface area (Å²) in [5.74, 6) is 0. The molecular weight excluding hydrogens is 292 g/mol. The minimum absolute atomic E-state index is 0. The lowest BCUT2D eigenvalue weighted by atomic mass is 9.83. The van der Waals surface area contributed by atoms with Gasteiger partial charge in [0.15, 0.2) is 0 Å². The van der Waals surface area contributed by atoms with E-state index in [0.717, 1.165) is 51.9 Å². The summed E-state index contributed by atoms with van der Waals surface area (Å²) in [6, 6.07) is 1.46. The summed E-state index contributed by atoms with van der Waals surface area (Å²) in [6.45, 7) is 2.41. The summed E-state index contributed by atoms with van der Waals surface area (Å²) < 4.78 is 11.4. The van der Waals surface area contributed by atoms with Crippen LogP contribution in [0.25, 0.3) is 0 Å². The average Bonchev–Trinajstić information content (AvgIpc) is 2.80. The van der Waals surface area contributed by atoms with Crippen molar-refractivity contribution in [2.24, 2.45) is 0 Å². The van der Waals surface area contributed by atoms with Crippen LogP contribution in [-0.2, 0) is 9.47 Å². The Morgan fingerprint density at radius 3 is 2.38 bits per heavy atom. The Bertz CT molecular complexity index is 388. The number of hydrogen-bond acceptors (Lipinski definition) is 4. The normalized spacial score (nSPS) is 40.0. The van der Waals surface area contributed by atoms with Gasteiger partial charge in [-0.1, -0.05) is 0 Å². The van der Waals surface area contributed by atoms with E-state index in [9.17, 15) is 4.79 Å². The summed E-state index contributed by atoms with van der Waals surface area (Å²) in [5, 5.41) is 3.63. The molecule has 6 heteroatoms. The lowest BCUT2D eigenvalue weighted by Gasteiger charge is -2.47. The maximum Gasteiger partial charge on any atom is 0.410 e. The highest BCUT2D eigenvalue weighted by Crippen LogP contribution is 2.41. The van der Waals surface area contributed by atoms with Gasteiger partial charge in [0.05, 0.1) is 0 Å². The second-order valence-electron chi connectivity index (χ2n) is 6.88. The molecule has 4 rings (SSSR count). The number of carbonyl (C=O) groups excluding carboxylic acids is 1. The van der Waals surface area contributed by atoms with Crippen molar-refractivity contribution >= 4 is 18.5 Å². The number of hydrogen-bond donors (Lipinski definition) is 1. The minimum atomic E-state index is -0.171. The van der Waals surface area contributed by atoms with Crippen molar-refractivity contribution in [3.05, 3.63) is 0 Å². The van der Waals surface area contributed by atoms with Crippen molar-refractivity contribution in [1.29, 1.82) is 0 Å². The van der Waals surface area contributed by atoms with Gasteiger partial charge in [-0.25, -0.2) is 4.79 Å². The molecule has 0 aliphatic carbocycles. The van der Waals surface area contributed by atoms with Crippen molar-refractivity contribution in [2.75, 3.05) is 19.8 Å². The van der Waals surface area contributed by atoms with Crippen LogP contribution in [0.4, 0.5) is 4.79 Å². The molecule has 0 saturated carbocycles. The number of nitrogens with zero attached hydrogens (tertiary/aromatic N) is 1.